The van der Waals surface area contributed by atoms with E-state index >= 15 is 0 Å². The Morgan fingerprint density at radius 2 is 1.96 bits per heavy atom. The van der Waals surface area contributed by atoms with Crippen LogP contribution in [0, 0.1) is 0 Å². The van der Waals surface area contributed by atoms with Gasteiger partial charge in [0.1, 0.15) is 5.75 Å². The second kappa shape index (κ2) is 6.64. The number of fused-ring (bicyclic) bond motifs is 1. The number of rotatable bonds is 3. The number of ether oxygens (including phenoxy) is 2. The molecular formula is C18H16N2O5. The number of anilines is 2. The molecule has 1 aliphatic heterocycles. The van der Waals surface area contributed by atoms with Crippen molar-refractivity contribution in [3.63, 3.8) is 0 Å². The molecule has 2 amide bonds. The van der Waals surface area contributed by atoms with Crippen LogP contribution in [0.5, 0.6) is 5.75 Å². The van der Waals surface area contributed by atoms with E-state index < -0.39 is 5.97 Å². The molecule has 2 aromatic carbocycles. The van der Waals surface area contributed by atoms with Crippen molar-refractivity contribution in [1.82, 2.24) is 0 Å². The number of carbonyl (C=O) groups is 3. The summed E-state index contributed by atoms with van der Waals surface area (Å²) in [4.78, 5) is 37.2. The van der Waals surface area contributed by atoms with Crippen LogP contribution in [0.3, 0.4) is 0 Å². The Morgan fingerprint density at radius 1 is 1.16 bits per heavy atom. The van der Waals surface area contributed by atoms with E-state index in [9.17, 15) is 14.4 Å². The third-order valence-electron chi connectivity index (χ3n) is 3.85. The average Bonchev–Trinajstić information content (AvgIpc) is 2.64. The highest BCUT2D eigenvalue weighted by Crippen LogP contribution is 2.32. The number of nitrogens with one attached hydrogen (secondary N) is 1. The quantitative estimate of drug-likeness (QED) is 0.865. The van der Waals surface area contributed by atoms with Crippen LogP contribution in [0.1, 0.15) is 20.7 Å². The SMILES string of the molecule is COC(=O)c1cccc(NC(=O)c2ccc3c(c2)N(C)C(=O)CO3)c1. The summed E-state index contributed by atoms with van der Waals surface area (Å²) in [6, 6.07) is 11.3. The Labute approximate surface area is 144 Å². The van der Waals surface area contributed by atoms with Crippen molar-refractivity contribution in [3.8, 4) is 5.75 Å². The second-order valence-electron chi connectivity index (χ2n) is 5.45. The number of amides is 2. The third-order valence-corrected chi connectivity index (χ3v) is 3.85. The van der Waals surface area contributed by atoms with Gasteiger partial charge >= 0.3 is 5.97 Å². The predicted molar refractivity (Wildman–Crippen MR) is 91.1 cm³/mol. The molecule has 25 heavy (non-hydrogen) atoms. The summed E-state index contributed by atoms with van der Waals surface area (Å²) in [6.45, 7) is -0.0185. The maximum absolute atomic E-state index is 12.5. The third kappa shape index (κ3) is 3.30. The number of carbonyl (C=O) groups excluding carboxylic acids is 3. The van der Waals surface area contributed by atoms with Crippen molar-refractivity contribution < 1.29 is 23.9 Å². The highest BCUT2D eigenvalue weighted by Gasteiger charge is 2.23. The monoisotopic (exact) mass is 340 g/mol. The molecule has 0 radical (unpaired) electrons. The van der Waals surface area contributed by atoms with Crippen molar-refractivity contribution in [2.75, 3.05) is 31.0 Å². The molecular weight excluding hydrogens is 324 g/mol. The minimum absolute atomic E-state index is 0.0185. The molecule has 7 heteroatoms. The van der Waals surface area contributed by atoms with Crippen molar-refractivity contribution in [2.24, 2.45) is 0 Å². The summed E-state index contributed by atoms with van der Waals surface area (Å²) >= 11 is 0. The first-order valence-corrected chi connectivity index (χ1v) is 7.52. The van der Waals surface area contributed by atoms with E-state index in [1.54, 1.807) is 43.4 Å². The number of benzene rings is 2. The summed E-state index contributed by atoms with van der Waals surface area (Å²) in [5, 5.41) is 2.72. The zero-order valence-electron chi connectivity index (χ0n) is 13.7. The van der Waals surface area contributed by atoms with Gasteiger partial charge in [-0.3, -0.25) is 9.59 Å². The zero-order valence-corrected chi connectivity index (χ0v) is 13.7. The standard InChI is InChI=1S/C18H16N2O5/c1-20-14-9-11(6-7-15(14)25-10-16(20)21)17(22)19-13-5-3-4-12(8-13)18(23)24-2/h3-9H,10H2,1-2H3,(H,19,22). The summed E-state index contributed by atoms with van der Waals surface area (Å²) < 4.78 is 10.0. The van der Waals surface area contributed by atoms with Gasteiger partial charge in [0.25, 0.3) is 11.8 Å². The van der Waals surface area contributed by atoms with Crippen molar-refractivity contribution in [1.29, 1.82) is 0 Å². The molecule has 7 nitrogen and oxygen atoms in total. The van der Waals surface area contributed by atoms with Gasteiger partial charge in [0.15, 0.2) is 6.61 Å². The van der Waals surface area contributed by atoms with E-state index in [4.69, 9.17) is 4.74 Å². The van der Waals surface area contributed by atoms with Gasteiger partial charge in [-0.05, 0) is 36.4 Å². The average molecular weight is 340 g/mol. The van der Waals surface area contributed by atoms with Gasteiger partial charge in [-0.2, -0.15) is 0 Å². The maximum atomic E-state index is 12.5. The van der Waals surface area contributed by atoms with E-state index in [1.165, 1.54) is 18.1 Å². The smallest absolute Gasteiger partial charge is 0.337 e. The highest BCUT2D eigenvalue weighted by atomic mass is 16.5. The minimum atomic E-state index is -0.484. The molecule has 2 aromatic rings. The van der Waals surface area contributed by atoms with Gasteiger partial charge in [0.05, 0.1) is 18.4 Å². The molecule has 0 bridgehead atoms. The van der Waals surface area contributed by atoms with Crippen LogP contribution in [0.15, 0.2) is 42.5 Å². The molecule has 3 rings (SSSR count). The van der Waals surface area contributed by atoms with E-state index in [2.05, 4.69) is 10.1 Å². The van der Waals surface area contributed by atoms with Crippen LogP contribution in [0.2, 0.25) is 0 Å². The van der Waals surface area contributed by atoms with Gasteiger partial charge in [-0.25, -0.2) is 4.79 Å². The highest BCUT2D eigenvalue weighted by molar-refractivity contribution is 6.07. The molecule has 1 aliphatic rings. The largest absolute Gasteiger partial charge is 0.482 e. The van der Waals surface area contributed by atoms with Crippen molar-refractivity contribution >= 4 is 29.2 Å². The van der Waals surface area contributed by atoms with Crippen LogP contribution in [-0.4, -0.2) is 38.5 Å². The molecule has 0 unspecified atom stereocenters. The van der Waals surface area contributed by atoms with E-state index in [0.29, 0.717) is 28.3 Å². The Morgan fingerprint density at radius 3 is 2.72 bits per heavy atom. The van der Waals surface area contributed by atoms with Gasteiger partial charge < -0.3 is 19.7 Å². The lowest BCUT2D eigenvalue weighted by molar-refractivity contribution is -0.120. The number of esters is 1. The molecule has 0 aromatic heterocycles. The fourth-order valence-electron chi connectivity index (χ4n) is 2.46. The van der Waals surface area contributed by atoms with E-state index in [1.807, 2.05) is 0 Å². The summed E-state index contributed by atoms with van der Waals surface area (Å²) in [5.41, 5.74) is 1.70. The summed E-state index contributed by atoms with van der Waals surface area (Å²) in [7, 11) is 2.92. The first-order valence-electron chi connectivity index (χ1n) is 7.52. The lowest BCUT2D eigenvalue weighted by Crippen LogP contribution is -2.35. The molecule has 1 heterocycles. The first-order chi connectivity index (χ1) is 12.0. The molecule has 0 saturated carbocycles. The zero-order chi connectivity index (χ0) is 18.0. The number of nitrogens with zero attached hydrogens (tertiary/aromatic N) is 1. The summed E-state index contributed by atoms with van der Waals surface area (Å²) in [5.74, 6) is -0.486. The molecule has 1 N–H and O–H groups in total. The molecule has 128 valence electrons. The van der Waals surface area contributed by atoms with E-state index in [0.717, 1.165) is 0 Å². The van der Waals surface area contributed by atoms with Crippen LogP contribution >= 0.6 is 0 Å². The Hall–Kier alpha value is -3.35. The Kier molecular flexibility index (Phi) is 4.38. The number of hydrogen-bond acceptors (Lipinski definition) is 5. The van der Waals surface area contributed by atoms with Crippen LogP contribution in [0.25, 0.3) is 0 Å². The number of hydrogen-bond donors (Lipinski definition) is 1. The van der Waals surface area contributed by atoms with Crippen LogP contribution < -0.4 is 15.0 Å². The van der Waals surface area contributed by atoms with Crippen LogP contribution in [-0.2, 0) is 9.53 Å². The van der Waals surface area contributed by atoms with Crippen molar-refractivity contribution in [2.45, 2.75) is 0 Å². The normalized spacial score (nSPS) is 12.9. The lowest BCUT2D eigenvalue weighted by Gasteiger charge is -2.26. The summed E-state index contributed by atoms with van der Waals surface area (Å²) in [6.07, 6.45) is 0. The number of methoxy groups -OCH3 is 1. The molecule has 0 atom stereocenters. The van der Waals surface area contributed by atoms with Crippen molar-refractivity contribution in [3.05, 3.63) is 53.6 Å². The van der Waals surface area contributed by atoms with Crippen LogP contribution in [0.4, 0.5) is 11.4 Å². The fraction of sp³-hybridized carbons (Fsp3) is 0.167. The maximum Gasteiger partial charge on any atom is 0.337 e. The topological polar surface area (TPSA) is 84.9 Å². The Balaban J connectivity index is 1.83. The predicted octanol–water partition coefficient (Wildman–Crippen LogP) is 2.08. The number of likely N-dealkylation sites (N-methyl/N-ethyl adjacent to an activating group) is 1. The van der Waals surface area contributed by atoms with Gasteiger partial charge in [-0.1, -0.05) is 6.07 Å². The van der Waals surface area contributed by atoms with E-state index in [-0.39, 0.29) is 18.4 Å². The minimum Gasteiger partial charge on any atom is -0.482 e. The molecule has 0 aliphatic carbocycles. The Bertz CT molecular complexity index is 862. The van der Waals surface area contributed by atoms with Gasteiger partial charge in [-0.15, -0.1) is 0 Å². The van der Waals surface area contributed by atoms with Gasteiger partial charge in [0, 0.05) is 18.3 Å². The molecule has 0 saturated heterocycles. The second-order valence-corrected chi connectivity index (χ2v) is 5.45. The molecule has 0 fully saturated rings. The first kappa shape index (κ1) is 16.5. The fourth-order valence-corrected chi connectivity index (χ4v) is 2.46. The lowest BCUT2D eigenvalue weighted by atomic mass is 10.1. The molecule has 0 spiro atoms. The van der Waals surface area contributed by atoms with Gasteiger partial charge in [0.2, 0.25) is 0 Å².